The quantitative estimate of drug-likeness (QED) is 0.745. The number of ether oxygens (including phenoxy) is 1. The maximum atomic E-state index is 13.7. The summed E-state index contributed by atoms with van der Waals surface area (Å²) in [5.41, 5.74) is 1.28. The molecule has 0 fully saturated rings. The minimum atomic E-state index is -0.351. The number of thiazole rings is 1. The second-order valence-corrected chi connectivity index (χ2v) is 7.20. The average Bonchev–Trinajstić information content (AvgIpc) is 2.97. The van der Waals surface area contributed by atoms with Gasteiger partial charge < -0.3 is 10.1 Å². The maximum Gasteiger partial charge on any atom is 0.263 e. The lowest BCUT2D eigenvalue weighted by Gasteiger charge is -2.18. The number of carbonyl (C=O) groups is 1. The van der Waals surface area contributed by atoms with E-state index in [2.05, 4.69) is 20.3 Å². The lowest BCUT2D eigenvalue weighted by atomic mass is 10.0. The van der Waals surface area contributed by atoms with Crippen molar-refractivity contribution >= 4 is 17.2 Å². The van der Waals surface area contributed by atoms with Gasteiger partial charge in [0.25, 0.3) is 5.91 Å². The van der Waals surface area contributed by atoms with Crippen LogP contribution in [0, 0.1) is 12.7 Å². The number of amides is 1. The molecule has 1 unspecified atom stereocenters. The highest BCUT2D eigenvalue weighted by Crippen LogP contribution is 2.33. The van der Waals surface area contributed by atoms with Gasteiger partial charge in [-0.15, -0.1) is 11.3 Å². The van der Waals surface area contributed by atoms with E-state index >= 15 is 0 Å². The van der Waals surface area contributed by atoms with Crippen molar-refractivity contribution in [2.75, 3.05) is 6.61 Å². The molecule has 0 radical (unpaired) electrons. The van der Waals surface area contributed by atoms with E-state index in [-0.39, 0.29) is 17.8 Å². The van der Waals surface area contributed by atoms with Gasteiger partial charge in [0.05, 0.1) is 18.3 Å². The second-order valence-electron chi connectivity index (χ2n) is 6.20. The van der Waals surface area contributed by atoms with Crippen LogP contribution in [0.5, 0.6) is 5.75 Å². The smallest absolute Gasteiger partial charge is 0.263 e. The molecule has 3 heterocycles. The first-order valence-corrected chi connectivity index (χ1v) is 9.41. The third-order valence-electron chi connectivity index (χ3n) is 4.31. The van der Waals surface area contributed by atoms with Gasteiger partial charge in [-0.25, -0.2) is 19.3 Å². The van der Waals surface area contributed by atoms with E-state index in [0.717, 1.165) is 6.42 Å². The van der Waals surface area contributed by atoms with Gasteiger partial charge >= 0.3 is 0 Å². The molecule has 27 heavy (non-hydrogen) atoms. The highest BCUT2D eigenvalue weighted by molar-refractivity contribution is 7.17. The number of hydrogen-bond acceptors (Lipinski definition) is 6. The molecular weight excluding hydrogens is 367 g/mol. The van der Waals surface area contributed by atoms with Gasteiger partial charge in [0.2, 0.25) is 0 Å². The molecule has 6 nitrogen and oxygen atoms in total. The number of aromatic nitrogens is 3. The average molecular weight is 384 g/mol. The van der Waals surface area contributed by atoms with Crippen LogP contribution in [0.15, 0.2) is 36.7 Å². The van der Waals surface area contributed by atoms with Crippen LogP contribution in [0.3, 0.4) is 0 Å². The van der Waals surface area contributed by atoms with Gasteiger partial charge in [0, 0.05) is 18.0 Å². The van der Waals surface area contributed by atoms with E-state index in [4.69, 9.17) is 4.74 Å². The SMILES string of the molecule is Cc1nc(-c2ncccn2)sc1C(=O)NC1CCCOc2ccc(F)cc21. The summed E-state index contributed by atoms with van der Waals surface area (Å²) in [6.07, 6.45) is 4.71. The fraction of sp³-hybridized carbons (Fsp3) is 0.263. The molecule has 0 bridgehead atoms. The fourth-order valence-electron chi connectivity index (χ4n) is 3.03. The van der Waals surface area contributed by atoms with Crippen molar-refractivity contribution in [2.24, 2.45) is 0 Å². The van der Waals surface area contributed by atoms with Crippen molar-refractivity contribution in [1.82, 2.24) is 20.3 Å². The molecule has 0 aliphatic carbocycles. The molecule has 1 aliphatic rings. The summed E-state index contributed by atoms with van der Waals surface area (Å²) in [5, 5.41) is 3.60. The Labute approximate surface area is 159 Å². The molecule has 1 aromatic carbocycles. The molecule has 4 rings (SSSR count). The molecule has 1 N–H and O–H groups in total. The number of carbonyl (C=O) groups excluding carboxylic acids is 1. The van der Waals surface area contributed by atoms with Crippen LogP contribution in [-0.2, 0) is 0 Å². The Morgan fingerprint density at radius 1 is 1.33 bits per heavy atom. The summed E-state index contributed by atoms with van der Waals surface area (Å²) in [7, 11) is 0. The fourth-order valence-corrected chi connectivity index (χ4v) is 3.95. The molecule has 2 aromatic heterocycles. The van der Waals surface area contributed by atoms with E-state index in [1.165, 1.54) is 23.5 Å². The molecule has 138 valence electrons. The minimum Gasteiger partial charge on any atom is -0.493 e. The first-order valence-electron chi connectivity index (χ1n) is 8.60. The van der Waals surface area contributed by atoms with E-state index in [1.807, 2.05) is 0 Å². The molecule has 1 atom stereocenters. The minimum absolute atomic E-state index is 0.241. The Kier molecular flexibility index (Phi) is 4.81. The highest BCUT2D eigenvalue weighted by atomic mass is 32.1. The molecule has 1 amide bonds. The van der Waals surface area contributed by atoms with Gasteiger partial charge in [0.1, 0.15) is 16.4 Å². The van der Waals surface area contributed by atoms with Crippen LogP contribution >= 0.6 is 11.3 Å². The molecule has 0 spiro atoms. The van der Waals surface area contributed by atoms with Crippen LogP contribution in [0.4, 0.5) is 4.39 Å². The number of fused-ring (bicyclic) bond motifs is 1. The van der Waals surface area contributed by atoms with Crippen molar-refractivity contribution in [3.8, 4) is 16.6 Å². The van der Waals surface area contributed by atoms with Crippen LogP contribution in [0.25, 0.3) is 10.8 Å². The second kappa shape index (κ2) is 7.40. The predicted molar refractivity (Wildman–Crippen MR) is 99.2 cm³/mol. The summed E-state index contributed by atoms with van der Waals surface area (Å²) < 4.78 is 19.4. The number of benzene rings is 1. The standard InChI is InChI=1S/C19H17FN4O2S/c1-11-16(27-19(23-11)17-21-7-3-8-22-17)18(25)24-14-4-2-9-26-15-6-5-12(20)10-13(14)15/h3,5-8,10,14H,2,4,9H2,1H3,(H,24,25). The van der Waals surface area contributed by atoms with Crippen LogP contribution < -0.4 is 10.1 Å². The third-order valence-corrected chi connectivity index (χ3v) is 5.46. The first kappa shape index (κ1) is 17.5. The van der Waals surface area contributed by atoms with Crippen LogP contribution in [0.2, 0.25) is 0 Å². The zero-order valence-corrected chi connectivity index (χ0v) is 15.4. The Balaban J connectivity index is 1.60. The van der Waals surface area contributed by atoms with Crippen molar-refractivity contribution in [3.05, 3.63) is 58.6 Å². The van der Waals surface area contributed by atoms with Crippen LogP contribution in [-0.4, -0.2) is 27.5 Å². The summed E-state index contributed by atoms with van der Waals surface area (Å²) in [6.45, 7) is 2.32. The Morgan fingerprint density at radius 3 is 2.96 bits per heavy atom. The zero-order chi connectivity index (χ0) is 18.8. The topological polar surface area (TPSA) is 77.0 Å². The molecule has 3 aromatic rings. The third kappa shape index (κ3) is 3.66. The molecule has 8 heteroatoms. The summed E-state index contributed by atoms with van der Waals surface area (Å²) in [6, 6.07) is 5.81. The lowest BCUT2D eigenvalue weighted by molar-refractivity contribution is 0.0938. The summed E-state index contributed by atoms with van der Waals surface area (Å²) in [4.78, 5) is 26.1. The largest absolute Gasteiger partial charge is 0.493 e. The maximum absolute atomic E-state index is 13.7. The van der Waals surface area contributed by atoms with Gasteiger partial charge in [-0.1, -0.05) is 0 Å². The van der Waals surface area contributed by atoms with E-state index in [1.54, 1.807) is 31.5 Å². The van der Waals surface area contributed by atoms with Gasteiger partial charge in [-0.2, -0.15) is 0 Å². The van der Waals surface area contributed by atoms with Crippen molar-refractivity contribution in [1.29, 1.82) is 0 Å². The zero-order valence-electron chi connectivity index (χ0n) is 14.6. The molecule has 0 saturated heterocycles. The normalized spacial score (nSPS) is 16.1. The van der Waals surface area contributed by atoms with Gasteiger partial charge in [-0.3, -0.25) is 4.79 Å². The number of nitrogens with zero attached hydrogens (tertiary/aromatic N) is 3. The number of rotatable bonds is 3. The highest BCUT2D eigenvalue weighted by Gasteiger charge is 2.25. The van der Waals surface area contributed by atoms with Crippen molar-refractivity contribution in [2.45, 2.75) is 25.8 Å². The Bertz CT molecular complexity index is 977. The summed E-state index contributed by atoms with van der Waals surface area (Å²) in [5.74, 6) is 0.504. The number of hydrogen-bond donors (Lipinski definition) is 1. The van der Waals surface area contributed by atoms with Gasteiger partial charge in [0.15, 0.2) is 10.8 Å². The van der Waals surface area contributed by atoms with Crippen molar-refractivity contribution < 1.29 is 13.9 Å². The van der Waals surface area contributed by atoms with E-state index in [0.29, 0.717) is 45.7 Å². The number of halogens is 1. The van der Waals surface area contributed by atoms with Gasteiger partial charge in [-0.05, 0) is 44.0 Å². The molecular formula is C19H17FN4O2S. The Morgan fingerprint density at radius 2 is 2.15 bits per heavy atom. The van der Waals surface area contributed by atoms with E-state index < -0.39 is 0 Å². The monoisotopic (exact) mass is 384 g/mol. The first-order chi connectivity index (χ1) is 13.1. The van der Waals surface area contributed by atoms with E-state index in [9.17, 15) is 9.18 Å². The number of aryl methyl sites for hydroxylation is 1. The van der Waals surface area contributed by atoms with Crippen LogP contribution in [0.1, 0.15) is 39.8 Å². The predicted octanol–water partition coefficient (Wildman–Crippen LogP) is 3.69. The number of nitrogens with one attached hydrogen (secondary N) is 1. The molecule has 0 saturated carbocycles. The lowest BCUT2D eigenvalue weighted by Crippen LogP contribution is -2.28. The molecule has 1 aliphatic heterocycles. The van der Waals surface area contributed by atoms with Crippen molar-refractivity contribution in [3.63, 3.8) is 0 Å². The summed E-state index contributed by atoms with van der Waals surface area (Å²) >= 11 is 1.25. The Hall–Kier alpha value is -2.87.